The molecular weight excluding hydrogens is 206 g/mol. The van der Waals surface area contributed by atoms with Crippen molar-refractivity contribution in [3.63, 3.8) is 0 Å². The van der Waals surface area contributed by atoms with Crippen molar-refractivity contribution in [1.82, 2.24) is 4.90 Å². The van der Waals surface area contributed by atoms with Crippen LogP contribution in [-0.4, -0.2) is 19.0 Å². The molecule has 1 rings (SSSR count). The predicted octanol–water partition coefficient (Wildman–Crippen LogP) is 2.54. The highest BCUT2D eigenvalue weighted by atomic mass is 79.9. The van der Waals surface area contributed by atoms with Crippen LogP contribution in [0.5, 0.6) is 0 Å². The Kier molecular flexibility index (Phi) is 2.73. The summed E-state index contributed by atoms with van der Waals surface area (Å²) in [6.45, 7) is 1.94. The highest BCUT2D eigenvalue weighted by molar-refractivity contribution is 9.09. The Morgan fingerprint density at radius 3 is 2.45 bits per heavy atom. The Bertz CT molecular complexity index is 232. The second-order valence-electron chi connectivity index (χ2n) is 2.75. The fourth-order valence-electron chi connectivity index (χ4n) is 0.836. The standard InChI is InChI=1S/C8H12BrNO/c1-6-4-5-7(11-6)8(9)10(2)3/h4-5,8H,1-3H3. The first-order valence-corrected chi connectivity index (χ1v) is 4.39. The molecule has 0 N–H and O–H groups in total. The van der Waals surface area contributed by atoms with Crippen molar-refractivity contribution < 1.29 is 4.42 Å². The Balaban J connectivity index is 2.76. The van der Waals surface area contributed by atoms with Gasteiger partial charge < -0.3 is 4.42 Å². The molecule has 1 heterocycles. The van der Waals surface area contributed by atoms with Gasteiger partial charge in [0.05, 0.1) is 0 Å². The van der Waals surface area contributed by atoms with Crippen molar-refractivity contribution in [3.05, 3.63) is 23.7 Å². The van der Waals surface area contributed by atoms with Gasteiger partial charge in [-0.15, -0.1) is 0 Å². The molecule has 1 aromatic rings. The monoisotopic (exact) mass is 217 g/mol. The van der Waals surface area contributed by atoms with Gasteiger partial charge in [-0.2, -0.15) is 0 Å². The molecule has 0 bridgehead atoms. The summed E-state index contributed by atoms with van der Waals surface area (Å²) < 4.78 is 5.42. The van der Waals surface area contributed by atoms with E-state index >= 15 is 0 Å². The molecule has 62 valence electrons. The molecule has 1 atom stereocenters. The summed E-state index contributed by atoms with van der Waals surface area (Å²) in [5.41, 5.74) is 0. The van der Waals surface area contributed by atoms with Crippen LogP contribution in [0.15, 0.2) is 16.5 Å². The Morgan fingerprint density at radius 1 is 1.45 bits per heavy atom. The highest BCUT2D eigenvalue weighted by Crippen LogP contribution is 2.25. The molecule has 3 heteroatoms. The van der Waals surface area contributed by atoms with Gasteiger partial charge in [0, 0.05) is 0 Å². The third kappa shape index (κ3) is 2.07. The molecular formula is C8H12BrNO. The lowest BCUT2D eigenvalue weighted by Crippen LogP contribution is -2.13. The maximum atomic E-state index is 5.42. The van der Waals surface area contributed by atoms with Crippen LogP contribution in [0, 0.1) is 6.92 Å². The van der Waals surface area contributed by atoms with Gasteiger partial charge in [-0.1, -0.05) is 15.9 Å². The summed E-state index contributed by atoms with van der Waals surface area (Å²) in [6.07, 6.45) is 0. The zero-order chi connectivity index (χ0) is 8.43. The summed E-state index contributed by atoms with van der Waals surface area (Å²) >= 11 is 3.50. The van der Waals surface area contributed by atoms with Crippen LogP contribution in [0.3, 0.4) is 0 Å². The minimum atomic E-state index is 0.177. The Hall–Kier alpha value is -0.280. The fourth-order valence-corrected chi connectivity index (χ4v) is 1.08. The number of nitrogens with zero attached hydrogens (tertiary/aromatic N) is 1. The average Bonchev–Trinajstić information content (AvgIpc) is 2.34. The Labute approximate surface area is 75.3 Å². The van der Waals surface area contributed by atoms with E-state index in [0.29, 0.717) is 0 Å². The first kappa shape index (κ1) is 8.81. The zero-order valence-electron chi connectivity index (χ0n) is 6.97. The number of aryl methyl sites for hydroxylation is 1. The summed E-state index contributed by atoms with van der Waals surface area (Å²) in [6, 6.07) is 3.95. The second kappa shape index (κ2) is 3.41. The van der Waals surface area contributed by atoms with Crippen molar-refractivity contribution in [2.45, 2.75) is 11.9 Å². The molecule has 0 aliphatic rings. The van der Waals surface area contributed by atoms with Gasteiger partial charge >= 0.3 is 0 Å². The van der Waals surface area contributed by atoms with E-state index in [2.05, 4.69) is 15.9 Å². The van der Waals surface area contributed by atoms with Crippen LogP contribution >= 0.6 is 15.9 Å². The lowest BCUT2D eigenvalue weighted by molar-refractivity contribution is 0.341. The first-order valence-electron chi connectivity index (χ1n) is 3.48. The summed E-state index contributed by atoms with van der Waals surface area (Å²) in [5, 5.41) is 0. The molecule has 0 aromatic carbocycles. The van der Waals surface area contributed by atoms with E-state index in [-0.39, 0.29) is 4.95 Å². The van der Waals surface area contributed by atoms with E-state index in [1.807, 2.05) is 38.1 Å². The largest absolute Gasteiger partial charge is 0.464 e. The van der Waals surface area contributed by atoms with Crippen LogP contribution in [0.2, 0.25) is 0 Å². The number of furan rings is 1. The molecule has 0 aliphatic heterocycles. The van der Waals surface area contributed by atoms with Gasteiger partial charge in [-0.3, -0.25) is 4.90 Å². The van der Waals surface area contributed by atoms with Crippen molar-refractivity contribution in [2.75, 3.05) is 14.1 Å². The number of halogens is 1. The summed E-state index contributed by atoms with van der Waals surface area (Å²) in [5.74, 6) is 1.90. The van der Waals surface area contributed by atoms with E-state index in [9.17, 15) is 0 Å². The summed E-state index contributed by atoms with van der Waals surface area (Å²) in [4.78, 5) is 2.22. The molecule has 2 nitrogen and oxygen atoms in total. The molecule has 0 fully saturated rings. The van der Waals surface area contributed by atoms with Gasteiger partial charge in [0.25, 0.3) is 0 Å². The number of hydrogen-bond acceptors (Lipinski definition) is 2. The average molecular weight is 218 g/mol. The molecule has 0 amide bonds. The SMILES string of the molecule is Cc1ccc(C(Br)N(C)C)o1. The van der Waals surface area contributed by atoms with Crippen LogP contribution < -0.4 is 0 Å². The highest BCUT2D eigenvalue weighted by Gasteiger charge is 2.12. The molecule has 0 aliphatic carbocycles. The molecule has 0 spiro atoms. The van der Waals surface area contributed by atoms with Gasteiger partial charge in [0.1, 0.15) is 16.5 Å². The van der Waals surface area contributed by atoms with Crippen LogP contribution in [0.4, 0.5) is 0 Å². The third-order valence-corrected chi connectivity index (χ3v) is 2.72. The van der Waals surface area contributed by atoms with Gasteiger partial charge in [0.2, 0.25) is 0 Å². The lowest BCUT2D eigenvalue weighted by Gasteiger charge is -2.14. The van der Waals surface area contributed by atoms with Gasteiger partial charge in [-0.25, -0.2) is 0 Å². The van der Waals surface area contributed by atoms with E-state index in [4.69, 9.17) is 4.42 Å². The topological polar surface area (TPSA) is 16.4 Å². The maximum absolute atomic E-state index is 5.42. The molecule has 0 saturated heterocycles. The van der Waals surface area contributed by atoms with E-state index in [1.165, 1.54) is 0 Å². The van der Waals surface area contributed by atoms with E-state index < -0.39 is 0 Å². The molecule has 1 unspecified atom stereocenters. The van der Waals surface area contributed by atoms with Crippen molar-refractivity contribution in [2.24, 2.45) is 0 Å². The minimum Gasteiger partial charge on any atom is -0.464 e. The van der Waals surface area contributed by atoms with Gasteiger partial charge in [-0.05, 0) is 33.2 Å². The maximum Gasteiger partial charge on any atom is 0.132 e. The third-order valence-electron chi connectivity index (χ3n) is 1.45. The Morgan fingerprint density at radius 2 is 2.09 bits per heavy atom. The molecule has 1 aromatic heterocycles. The van der Waals surface area contributed by atoms with Crippen molar-refractivity contribution >= 4 is 15.9 Å². The normalized spacial score (nSPS) is 13.9. The number of rotatable bonds is 2. The minimum absolute atomic E-state index is 0.177. The second-order valence-corrected chi connectivity index (χ2v) is 3.62. The molecule has 11 heavy (non-hydrogen) atoms. The number of alkyl halides is 1. The van der Waals surface area contributed by atoms with Crippen molar-refractivity contribution in [3.8, 4) is 0 Å². The zero-order valence-corrected chi connectivity index (χ0v) is 8.55. The summed E-state index contributed by atoms with van der Waals surface area (Å²) in [7, 11) is 3.99. The van der Waals surface area contributed by atoms with Crippen LogP contribution in [-0.2, 0) is 0 Å². The van der Waals surface area contributed by atoms with E-state index in [1.54, 1.807) is 0 Å². The van der Waals surface area contributed by atoms with Crippen LogP contribution in [0.1, 0.15) is 16.5 Å². The van der Waals surface area contributed by atoms with Crippen molar-refractivity contribution in [1.29, 1.82) is 0 Å². The quantitative estimate of drug-likeness (QED) is 0.560. The van der Waals surface area contributed by atoms with Crippen LogP contribution in [0.25, 0.3) is 0 Å². The van der Waals surface area contributed by atoms with Gasteiger partial charge in [0.15, 0.2) is 0 Å². The lowest BCUT2D eigenvalue weighted by atomic mass is 10.4. The number of hydrogen-bond donors (Lipinski definition) is 0. The molecule has 0 radical (unpaired) electrons. The first-order chi connectivity index (χ1) is 5.11. The van der Waals surface area contributed by atoms with E-state index in [0.717, 1.165) is 11.5 Å². The predicted molar refractivity (Wildman–Crippen MR) is 48.8 cm³/mol. The molecule has 0 saturated carbocycles. The smallest absolute Gasteiger partial charge is 0.132 e. The fraction of sp³-hybridized carbons (Fsp3) is 0.500.